The lowest BCUT2D eigenvalue weighted by Gasteiger charge is -2.21. The summed E-state index contributed by atoms with van der Waals surface area (Å²) in [6.45, 7) is 3.72. The third kappa shape index (κ3) is 2.80. The number of aliphatic carboxylic acids is 1. The van der Waals surface area contributed by atoms with Gasteiger partial charge in [-0.25, -0.2) is 0 Å². The molecular weight excluding hydrogens is 190 g/mol. The van der Waals surface area contributed by atoms with Gasteiger partial charge in [0.05, 0.1) is 5.92 Å². The Hall–Kier alpha value is -1.35. The first kappa shape index (κ1) is 11.7. The van der Waals surface area contributed by atoms with Crippen molar-refractivity contribution in [3.63, 3.8) is 0 Å². The normalized spacial score (nSPS) is 14.6. The van der Waals surface area contributed by atoms with Gasteiger partial charge in [0, 0.05) is 6.04 Å². The van der Waals surface area contributed by atoms with Crippen molar-refractivity contribution in [2.24, 2.45) is 5.92 Å². The van der Waals surface area contributed by atoms with Gasteiger partial charge in [-0.15, -0.1) is 0 Å². The van der Waals surface area contributed by atoms with Gasteiger partial charge in [-0.05, 0) is 19.5 Å². The van der Waals surface area contributed by atoms with Crippen LogP contribution in [0.4, 0.5) is 0 Å². The maximum absolute atomic E-state index is 10.9. The molecule has 0 aromatic heterocycles. The van der Waals surface area contributed by atoms with Crippen molar-refractivity contribution in [2.45, 2.75) is 19.9 Å². The summed E-state index contributed by atoms with van der Waals surface area (Å²) in [4.78, 5) is 10.9. The quantitative estimate of drug-likeness (QED) is 0.793. The molecule has 0 bridgehead atoms. The summed E-state index contributed by atoms with van der Waals surface area (Å²) in [6.07, 6.45) is 0. The van der Waals surface area contributed by atoms with E-state index in [0.717, 1.165) is 11.1 Å². The van der Waals surface area contributed by atoms with Gasteiger partial charge >= 0.3 is 5.97 Å². The van der Waals surface area contributed by atoms with E-state index in [4.69, 9.17) is 5.11 Å². The Kier molecular flexibility index (Phi) is 3.86. The molecule has 1 rings (SSSR count). The average Bonchev–Trinajstić information content (AvgIpc) is 2.18. The molecule has 0 heterocycles. The molecule has 2 N–H and O–H groups in total. The number of nitrogens with one attached hydrogen (secondary N) is 1. The number of carboxylic acid groups (broad SMARTS) is 1. The van der Waals surface area contributed by atoms with Gasteiger partial charge < -0.3 is 10.4 Å². The summed E-state index contributed by atoms with van der Waals surface area (Å²) in [5, 5.41) is 12.0. The van der Waals surface area contributed by atoms with Crippen LogP contribution in [0.3, 0.4) is 0 Å². The second kappa shape index (κ2) is 4.94. The fraction of sp³-hybridized carbons (Fsp3) is 0.417. The van der Waals surface area contributed by atoms with E-state index in [-0.39, 0.29) is 6.04 Å². The monoisotopic (exact) mass is 207 g/mol. The summed E-state index contributed by atoms with van der Waals surface area (Å²) < 4.78 is 0. The molecule has 0 aliphatic carbocycles. The van der Waals surface area contributed by atoms with Crippen LogP contribution in [0, 0.1) is 12.8 Å². The van der Waals surface area contributed by atoms with E-state index in [1.165, 1.54) is 0 Å². The predicted molar refractivity (Wildman–Crippen MR) is 59.8 cm³/mol. The number of hydrogen-bond donors (Lipinski definition) is 2. The van der Waals surface area contributed by atoms with Gasteiger partial charge in [0.1, 0.15) is 0 Å². The van der Waals surface area contributed by atoms with E-state index >= 15 is 0 Å². The summed E-state index contributed by atoms with van der Waals surface area (Å²) in [7, 11) is 1.78. The lowest BCUT2D eigenvalue weighted by atomic mass is 9.94. The highest BCUT2D eigenvalue weighted by Gasteiger charge is 2.23. The second-order valence-corrected chi connectivity index (χ2v) is 3.81. The predicted octanol–water partition coefficient (Wildman–Crippen LogP) is 1.98. The number of carboxylic acids is 1. The molecule has 3 nitrogen and oxygen atoms in total. The van der Waals surface area contributed by atoms with Crippen molar-refractivity contribution in [1.82, 2.24) is 5.32 Å². The molecule has 0 saturated carbocycles. The molecular formula is C12H17NO2. The molecule has 0 amide bonds. The topological polar surface area (TPSA) is 49.3 Å². The highest BCUT2D eigenvalue weighted by Crippen LogP contribution is 2.22. The van der Waals surface area contributed by atoms with Gasteiger partial charge in [0.25, 0.3) is 0 Å². The molecule has 0 fully saturated rings. The van der Waals surface area contributed by atoms with E-state index < -0.39 is 11.9 Å². The van der Waals surface area contributed by atoms with E-state index in [1.54, 1.807) is 14.0 Å². The Bertz CT molecular complexity index is 349. The number of benzene rings is 1. The minimum absolute atomic E-state index is 0.137. The Morgan fingerprint density at radius 2 is 2.13 bits per heavy atom. The van der Waals surface area contributed by atoms with Crippen molar-refractivity contribution in [3.8, 4) is 0 Å². The van der Waals surface area contributed by atoms with Crippen LogP contribution in [0.1, 0.15) is 24.1 Å². The summed E-state index contributed by atoms with van der Waals surface area (Å²) in [5.41, 5.74) is 2.16. The third-order valence-corrected chi connectivity index (χ3v) is 2.60. The first-order valence-corrected chi connectivity index (χ1v) is 5.03. The van der Waals surface area contributed by atoms with Crippen molar-refractivity contribution in [2.75, 3.05) is 7.05 Å². The fourth-order valence-corrected chi connectivity index (χ4v) is 1.71. The smallest absolute Gasteiger partial charge is 0.308 e. The Morgan fingerprint density at radius 1 is 1.47 bits per heavy atom. The molecule has 1 aromatic rings. The lowest BCUT2D eigenvalue weighted by molar-refractivity contribution is -0.142. The van der Waals surface area contributed by atoms with Crippen molar-refractivity contribution in [1.29, 1.82) is 0 Å². The van der Waals surface area contributed by atoms with Crippen LogP contribution in [0.15, 0.2) is 24.3 Å². The molecule has 0 saturated heterocycles. The number of hydrogen-bond acceptors (Lipinski definition) is 2. The Labute approximate surface area is 90.1 Å². The first-order valence-electron chi connectivity index (χ1n) is 5.03. The number of rotatable bonds is 4. The fourth-order valence-electron chi connectivity index (χ4n) is 1.71. The van der Waals surface area contributed by atoms with Gasteiger partial charge in [-0.2, -0.15) is 0 Å². The van der Waals surface area contributed by atoms with Gasteiger partial charge in [-0.3, -0.25) is 4.79 Å². The van der Waals surface area contributed by atoms with Crippen LogP contribution in [-0.4, -0.2) is 18.1 Å². The zero-order valence-corrected chi connectivity index (χ0v) is 9.32. The van der Waals surface area contributed by atoms with Crippen LogP contribution >= 0.6 is 0 Å². The molecule has 15 heavy (non-hydrogen) atoms. The highest BCUT2D eigenvalue weighted by atomic mass is 16.4. The second-order valence-electron chi connectivity index (χ2n) is 3.81. The van der Waals surface area contributed by atoms with Crippen LogP contribution in [0.5, 0.6) is 0 Å². The van der Waals surface area contributed by atoms with E-state index in [2.05, 4.69) is 5.32 Å². The maximum Gasteiger partial charge on any atom is 0.308 e. The van der Waals surface area contributed by atoms with Crippen molar-refractivity contribution < 1.29 is 9.90 Å². The molecule has 1 aromatic carbocycles. The van der Waals surface area contributed by atoms with Crippen molar-refractivity contribution in [3.05, 3.63) is 35.4 Å². The maximum atomic E-state index is 10.9. The highest BCUT2D eigenvalue weighted by molar-refractivity contribution is 5.70. The molecule has 3 heteroatoms. The summed E-state index contributed by atoms with van der Waals surface area (Å²) in [6, 6.07) is 7.78. The summed E-state index contributed by atoms with van der Waals surface area (Å²) in [5.74, 6) is -1.22. The Morgan fingerprint density at radius 3 is 2.60 bits per heavy atom. The standard InChI is InChI=1S/C12H17NO2/c1-8-5-4-6-10(7-8)11(13-3)9(2)12(14)15/h4-7,9,11,13H,1-3H3,(H,14,15). The van der Waals surface area contributed by atoms with Crippen LogP contribution in [-0.2, 0) is 4.79 Å². The molecule has 0 aliphatic heterocycles. The molecule has 0 aliphatic rings. The minimum atomic E-state index is -0.782. The lowest BCUT2D eigenvalue weighted by Crippen LogP contribution is -2.28. The van der Waals surface area contributed by atoms with Crippen LogP contribution < -0.4 is 5.32 Å². The largest absolute Gasteiger partial charge is 0.481 e. The Balaban J connectivity index is 2.97. The molecule has 0 radical (unpaired) electrons. The third-order valence-electron chi connectivity index (χ3n) is 2.60. The molecule has 2 atom stereocenters. The van der Waals surface area contributed by atoms with E-state index in [1.807, 2.05) is 31.2 Å². The zero-order valence-electron chi connectivity index (χ0n) is 9.32. The zero-order chi connectivity index (χ0) is 11.4. The molecule has 0 spiro atoms. The number of aryl methyl sites for hydroxylation is 1. The van der Waals surface area contributed by atoms with Gasteiger partial charge in [-0.1, -0.05) is 36.8 Å². The summed E-state index contributed by atoms with van der Waals surface area (Å²) >= 11 is 0. The molecule has 82 valence electrons. The minimum Gasteiger partial charge on any atom is -0.481 e. The van der Waals surface area contributed by atoms with Gasteiger partial charge in [0.2, 0.25) is 0 Å². The van der Waals surface area contributed by atoms with Crippen LogP contribution in [0.25, 0.3) is 0 Å². The van der Waals surface area contributed by atoms with E-state index in [0.29, 0.717) is 0 Å². The molecule has 2 unspecified atom stereocenters. The van der Waals surface area contributed by atoms with Gasteiger partial charge in [0.15, 0.2) is 0 Å². The van der Waals surface area contributed by atoms with Crippen molar-refractivity contribution >= 4 is 5.97 Å². The van der Waals surface area contributed by atoms with Crippen LogP contribution in [0.2, 0.25) is 0 Å². The van der Waals surface area contributed by atoms with E-state index in [9.17, 15) is 4.79 Å². The average molecular weight is 207 g/mol. The first-order chi connectivity index (χ1) is 7.06. The SMILES string of the molecule is CNC(c1cccc(C)c1)C(C)C(=O)O. The number of carbonyl (C=O) groups is 1.